The molecule has 7 heteroatoms. The first kappa shape index (κ1) is 16.7. The second-order valence-electron chi connectivity index (χ2n) is 4.75. The summed E-state index contributed by atoms with van der Waals surface area (Å²) in [7, 11) is 1.85. The number of rotatable bonds is 6. The topological polar surface area (TPSA) is 55.6 Å². The minimum atomic E-state index is 0. The Labute approximate surface area is 139 Å². The van der Waals surface area contributed by atoms with Crippen LogP contribution >= 0.6 is 11.8 Å². The molecule has 2 aromatic carbocycles. The number of halogens is 1. The Bertz CT molecular complexity index is 725. The lowest BCUT2D eigenvalue weighted by molar-refractivity contribution is -0.00000441. The maximum Gasteiger partial charge on any atom is 0.209 e. The number of nitrogens with one attached hydrogen (secondary N) is 1. The Morgan fingerprint density at radius 3 is 2.77 bits per heavy atom. The number of aryl methyl sites for hydroxylation is 1. The summed E-state index contributed by atoms with van der Waals surface area (Å²) in [5.41, 5.74) is 1.33. The monoisotopic (exact) mass is 334 g/mol. The molecular weight excluding hydrogens is 318 g/mol. The smallest absolute Gasteiger partial charge is 0.209 e. The van der Waals surface area contributed by atoms with Crippen LogP contribution in [-0.2, 0) is 13.6 Å². The molecule has 3 rings (SSSR count). The van der Waals surface area contributed by atoms with Gasteiger partial charge in [-0.1, -0.05) is 54.2 Å². The minimum Gasteiger partial charge on any atom is -1.00 e. The summed E-state index contributed by atoms with van der Waals surface area (Å²) >= 11 is 1.66. The van der Waals surface area contributed by atoms with Crippen molar-refractivity contribution in [3.63, 3.8) is 0 Å². The number of fused-ring (bicyclic) bond motifs is 1. The highest BCUT2D eigenvalue weighted by molar-refractivity contribution is 7.99. The van der Waals surface area contributed by atoms with Gasteiger partial charge in [-0.25, -0.2) is 4.68 Å². The summed E-state index contributed by atoms with van der Waals surface area (Å²) < 4.78 is 1.69. The quantitative estimate of drug-likeness (QED) is 0.475. The first-order valence-electron chi connectivity index (χ1n) is 6.87. The summed E-state index contributed by atoms with van der Waals surface area (Å²) in [5.74, 6) is 0.943. The van der Waals surface area contributed by atoms with Gasteiger partial charge < -0.3 is 17.7 Å². The van der Waals surface area contributed by atoms with Crippen LogP contribution in [0.25, 0.3) is 10.8 Å². The van der Waals surface area contributed by atoms with Crippen LogP contribution in [0.2, 0.25) is 0 Å². The Hall–Kier alpha value is -1.63. The third kappa shape index (κ3) is 3.97. The van der Waals surface area contributed by atoms with Gasteiger partial charge in [-0.15, -0.1) is 5.10 Å². The van der Waals surface area contributed by atoms with E-state index in [1.807, 2.05) is 7.05 Å². The van der Waals surface area contributed by atoms with Gasteiger partial charge in [0.05, 0.1) is 0 Å². The molecule has 0 saturated carbocycles. The molecule has 3 aromatic rings. The molecule has 0 unspecified atom stereocenters. The van der Waals surface area contributed by atoms with Gasteiger partial charge in [-0.05, 0) is 26.8 Å². The Morgan fingerprint density at radius 1 is 1.14 bits per heavy atom. The fourth-order valence-corrected chi connectivity index (χ4v) is 2.97. The Kier molecular flexibility index (Phi) is 6.18. The molecule has 1 heterocycles. The van der Waals surface area contributed by atoms with E-state index in [4.69, 9.17) is 0 Å². The van der Waals surface area contributed by atoms with Crippen molar-refractivity contribution in [2.75, 3.05) is 12.3 Å². The molecule has 0 bridgehead atoms. The zero-order chi connectivity index (χ0) is 14.5. The number of aromatic nitrogens is 4. The third-order valence-electron chi connectivity index (χ3n) is 3.29. The summed E-state index contributed by atoms with van der Waals surface area (Å²) in [5, 5.41) is 18.3. The Morgan fingerprint density at radius 2 is 1.95 bits per heavy atom. The molecule has 0 amide bonds. The molecule has 0 aliphatic heterocycles. The molecule has 0 aliphatic carbocycles. The van der Waals surface area contributed by atoms with Crippen LogP contribution in [0.3, 0.4) is 0 Å². The number of nitrogens with zero attached hydrogens (tertiary/aromatic N) is 4. The van der Waals surface area contributed by atoms with Gasteiger partial charge >= 0.3 is 0 Å². The minimum absolute atomic E-state index is 0. The van der Waals surface area contributed by atoms with E-state index in [0.29, 0.717) is 0 Å². The summed E-state index contributed by atoms with van der Waals surface area (Å²) in [4.78, 5) is 0. The zero-order valence-electron chi connectivity index (χ0n) is 12.2. The van der Waals surface area contributed by atoms with Gasteiger partial charge in [-0.2, -0.15) is 0 Å². The lowest BCUT2D eigenvalue weighted by atomic mass is 10.0. The van der Waals surface area contributed by atoms with Crippen molar-refractivity contribution in [2.24, 2.45) is 7.05 Å². The van der Waals surface area contributed by atoms with E-state index in [1.54, 1.807) is 16.4 Å². The molecule has 5 nitrogen and oxygen atoms in total. The van der Waals surface area contributed by atoms with Gasteiger partial charge in [0.15, 0.2) is 0 Å². The summed E-state index contributed by atoms with van der Waals surface area (Å²) in [6, 6.07) is 14.9. The first-order chi connectivity index (χ1) is 10.3. The van der Waals surface area contributed by atoms with Gasteiger partial charge in [0.25, 0.3) is 0 Å². The van der Waals surface area contributed by atoms with E-state index < -0.39 is 0 Å². The van der Waals surface area contributed by atoms with Crippen molar-refractivity contribution in [3.05, 3.63) is 48.0 Å². The highest BCUT2D eigenvalue weighted by Gasteiger charge is 2.02. The predicted molar refractivity (Wildman–Crippen MR) is 85.2 cm³/mol. The molecule has 0 spiro atoms. The normalized spacial score (nSPS) is 10.6. The molecule has 0 atom stereocenters. The van der Waals surface area contributed by atoms with Crippen LogP contribution < -0.4 is 17.7 Å². The molecule has 0 aliphatic rings. The van der Waals surface area contributed by atoms with Crippen molar-refractivity contribution in [2.45, 2.75) is 11.7 Å². The second kappa shape index (κ2) is 8.12. The standard InChI is InChI=1S/C15H17N5S.ClH/c1-20-15(17-18-19-20)21-10-9-16-11-13-7-4-6-12-5-2-3-8-14(12)13;/h2-8,16H,9-11H2,1H3;1H/p-1. The summed E-state index contributed by atoms with van der Waals surface area (Å²) in [6.45, 7) is 1.79. The molecule has 0 saturated heterocycles. The molecule has 1 N–H and O–H groups in total. The summed E-state index contributed by atoms with van der Waals surface area (Å²) in [6.07, 6.45) is 0. The second-order valence-corrected chi connectivity index (χ2v) is 5.81. The number of tetrazole rings is 1. The molecule has 1 aromatic heterocycles. The van der Waals surface area contributed by atoms with E-state index in [2.05, 4.69) is 63.3 Å². The fraction of sp³-hybridized carbons (Fsp3) is 0.267. The lowest BCUT2D eigenvalue weighted by Crippen LogP contribution is -3.00. The van der Waals surface area contributed by atoms with E-state index >= 15 is 0 Å². The van der Waals surface area contributed by atoms with Crippen molar-refractivity contribution < 1.29 is 12.4 Å². The van der Waals surface area contributed by atoms with Crippen LogP contribution in [0.15, 0.2) is 47.6 Å². The van der Waals surface area contributed by atoms with Crippen LogP contribution in [0, 0.1) is 0 Å². The van der Waals surface area contributed by atoms with Crippen molar-refractivity contribution in [1.29, 1.82) is 0 Å². The highest BCUT2D eigenvalue weighted by Crippen LogP contribution is 2.18. The first-order valence-corrected chi connectivity index (χ1v) is 7.85. The van der Waals surface area contributed by atoms with Crippen molar-refractivity contribution in [1.82, 2.24) is 25.5 Å². The molecule has 116 valence electrons. The number of thioether (sulfide) groups is 1. The fourth-order valence-electron chi connectivity index (χ4n) is 2.23. The number of hydrogen-bond donors (Lipinski definition) is 1. The van der Waals surface area contributed by atoms with Crippen LogP contribution in [0.1, 0.15) is 5.56 Å². The highest BCUT2D eigenvalue weighted by atomic mass is 35.5. The zero-order valence-corrected chi connectivity index (χ0v) is 13.8. The predicted octanol–water partition coefficient (Wildman–Crippen LogP) is -0.751. The van der Waals surface area contributed by atoms with Gasteiger partial charge in [0.1, 0.15) is 0 Å². The molecule has 0 fully saturated rings. The maximum atomic E-state index is 3.95. The largest absolute Gasteiger partial charge is 1.00 e. The van der Waals surface area contributed by atoms with Gasteiger partial charge in [0.2, 0.25) is 5.16 Å². The van der Waals surface area contributed by atoms with Gasteiger partial charge in [0, 0.05) is 25.9 Å². The van der Waals surface area contributed by atoms with Crippen LogP contribution in [0.4, 0.5) is 0 Å². The van der Waals surface area contributed by atoms with E-state index in [1.165, 1.54) is 16.3 Å². The van der Waals surface area contributed by atoms with Crippen molar-refractivity contribution in [3.8, 4) is 0 Å². The number of benzene rings is 2. The van der Waals surface area contributed by atoms with Crippen LogP contribution in [-0.4, -0.2) is 32.5 Å². The lowest BCUT2D eigenvalue weighted by Gasteiger charge is -2.08. The Balaban J connectivity index is 0.00000176. The number of hydrogen-bond acceptors (Lipinski definition) is 5. The average molecular weight is 335 g/mol. The third-order valence-corrected chi connectivity index (χ3v) is 4.30. The average Bonchev–Trinajstić information content (AvgIpc) is 2.92. The van der Waals surface area contributed by atoms with Crippen molar-refractivity contribution >= 4 is 22.5 Å². The van der Waals surface area contributed by atoms with E-state index in [-0.39, 0.29) is 12.4 Å². The molecule has 0 radical (unpaired) electrons. The maximum absolute atomic E-state index is 3.95. The van der Waals surface area contributed by atoms with Gasteiger partial charge in [-0.3, -0.25) is 0 Å². The van der Waals surface area contributed by atoms with E-state index in [0.717, 1.165) is 24.0 Å². The van der Waals surface area contributed by atoms with Crippen LogP contribution in [0.5, 0.6) is 0 Å². The molecular formula is C15H17ClN5S-. The molecule has 22 heavy (non-hydrogen) atoms. The van der Waals surface area contributed by atoms with E-state index in [9.17, 15) is 0 Å². The SMILES string of the molecule is Cn1nnnc1SCCNCc1cccc2ccccc12.[Cl-].